The van der Waals surface area contributed by atoms with E-state index in [1.54, 1.807) is 6.20 Å². The highest BCUT2D eigenvalue weighted by atomic mass is 15.1. The summed E-state index contributed by atoms with van der Waals surface area (Å²) in [7, 11) is 0. The monoisotopic (exact) mass is 201 g/mol. The lowest BCUT2D eigenvalue weighted by molar-refractivity contribution is 0.734. The topological polar surface area (TPSA) is 30.7 Å². The first-order valence-electron chi connectivity index (χ1n) is 5.35. The van der Waals surface area contributed by atoms with Crippen LogP contribution in [-0.2, 0) is 6.42 Å². The van der Waals surface area contributed by atoms with Gasteiger partial charge in [0.15, 0.2) is 0 Å². The van der Waals surface area contributed by atoms with E-state index >= 15 is 0 Å². The van der Waals surface area contributed by atoms with Gasteiger partial charge in [0.2, 0.25) is 0 Å². The van der Waals surface area contributed by atoms with Crippen LogP contribution in [0, 0.1) is 0 Å². The van der Waals surface area contributed by atoms with Crippen molar-refractivity contribution in [1.29, 1.82) is 0 Å². The van der Waals surface area contributed by atoms with Gasteiger partial charge in [0, 0.05) is 25.0 Å². The molecule has 0 N–H and O–H groups in total. The second-order valence-corrected chi connectivity index (χ2v) is 3.50. The molecule has 0 atom stereocenters. The van der Waals surface area contributed by atoms with E-state index in [2.05, 4.69) is 21.5 Å². The number of pyridine rings is 1. The maximum Gasteiger partial charge on any atom is 0.137 e. The number of hydrogen-bond donors (Lipinski definition) is 0. The average Bonchev–Trinajstić information content (AvgIpc) is 2.75. The van der Waals surface area contributed by atoms with Crippen LogP contribution in [0.15, 0.2) is 36.8 Å². The Bertz CT molecular complexity index is 406. The Morgan fingerprint density at radius 2 is 2.13 bits per heavy atom. The van der Waals surface area contributed by atoms with Crippen molar-refractivity contribution < 1.29 is 0 Å². The first kappa shape index (κ1) is 9.90. The van der Waals surface area contributed by atoms with Crippen molar-refractivity contribution >= 4 is 0 Å². The van der Waals surface area contributed by atoms with Crippen molar-refractivity contribution in [2.24, 2.45) is 0 Å². The molecule has 2 rings (SSSR count). The molecule has 0 aliphatic rings. The number of rotatable bonds is 4. The Kier molecular flexibility index (Phi) is 3.12. The normalized spacial score (nSPS) is 10.5. The van der Waals surface area contributed by atoms with Gasteiger partial charge in [-0.15, -0.1) is 0 Å². The highest BCUT2D eigenvalue weighted by Gasteiger charge is 2.04. The lowest BCUT2D eigenvalue weighted by atomic mass is 10.2. The molecule has 2 heterocycles. The fourth-order valence-electron chi connectivity index (χ4n) is 1.56. The largest absolute Gasteiger partial charge is 0.288 e. The van der Waals surface area contributed by atoms with Crippen molar-refractivity contribution in [3.05, 3.63) is 42.6 Å². The molecule has 0 unspecified atom stereocenters. The molecule has 0 spiro atoms. The maximum absolute atomic E-state index is 4.35. The van der Waals surface area contributed by atoms with Crippen molar-refractivity contribution in [2.75, 3.05) is 0 Å². The van der Waals surface area contributed by atoms with Gasteiger partial charge in [-0.3, -0.25) is 4.57 Å². The molecule has 3 nitrogen and oxygen atoms in total. The van der Waals surface area contributed by atoms with E-state index < -0.39 is 0 Å². The van der Waals surface area contributed by atoms with Crippen molar-refractivity contribution in [1.82, 2.24) is 14.5 Å². The number of imidazole rings is 1. The first-order chi connectivity index (χ1) is 7.42. The molecule has 0 saturated heterocycles. The Morgan fingerprint density at radius 1 is 1.20 bits per heavy atom. The summed E-state index contributed by atoms with van der Waals surface area (Å²) in [5.41, 5.74) is 0. The first-order valence-corrected chi connectivity index (χ1v) is 5.35. The number of hydrogen-bond acceptors (Lipinski definition) is 2. The van der Waals surface area contributed by atoms with E-state index in [9.17, 15) is 0 Å². The van der Waals surface area contributed by atoms with E-state index in [0.29, 0.717) is 0 Å². The second kappa shape index (κ2) is 4.73. The molecule has 0 aromatic carbocycles. The van der Waals surface area contributed by atoms with Crippen LogP contribution in [0.25, 0.3) is 5.82 Å². The molecule has 3 heteroatoms. The summed E-state index contributed by atoms with van der Waals surface area (Å²) in [5.74, 6) is 2.04. The molecule has 0 bridgehead atoms. The van der Waals surface area contributed by atoms with E-state index in [0.717, 1.165) is 18.1 Å². The van der Waals surface area contributed by atoms with E-state index in [1.165, 1.54) is 12.8 Å². The number of aromatic nitrogens is 3. The summed E-state index contributed by atoms with van der Waals surface area (Å²) in [6.07, 6.45) is 8.98. The lowest BCUT2D eigenvalue weighted by Gasteiger charge is -2.05. The van der Waals surface area contributed by atoms with E-state index in [4.69, 9.17) is 0 Å². The van der Waals surface area contributed by atoms with Gasteiger partial charge in [-0.05, 0) is 18.6 Å². The Labute approximate surface area is 89.8 Å². The third kappa shape index (κ3) is 2.24. The summed E-state index contributed by atoms with van der Waals surface area (Å²) >= 11 is 0. The van der Waals surface area contributed by atoms with Crippen molar-refractivity contribution in [3.8, 4) is 5.82 Å². The van der Waals surface area contributed by atoms with Gasteiger partial charge in [0.05, 0.1) is 0 Å². The molecule has 0 aliphatic carbocycles. The molecular formula is C12H15N3. The van der Waals surface area contributed by atoms with E-state index in [-0.39, 0.29) is 0 Å². The Morgan fingerprint density at radius 3 is 2.87 bits per heavy atom. The highest BCUT2D eigenvalue weighted by Crippen LogP contribution is 2.09. The van der Waals surface area contributed by atoms with Gasteiger partial charge in [0.1, 0.15) is 11.6 Å². The van der Waals surface area contributed by atoms with Gasteiger partial charge in [-0.25, -0.2) is 9.97 Å². The maximum atomic E-state index is 4.35. The SMILES string of the molecule is CCCCc1nccn1-c1ccccn1. The van der Waals surface area contributed by atoms with Crippen LogP contribution in [0.3, 0.4) is 0 Å². The Hall–Kier alpha value is -1.64. The fraction of sp³-hybridized carbons (Fsp3) is 0.333. The summed E-state index contributed by atoms with van der Waals surface area (Å²) in [5, 5.41) is 0. The van der Waals surface area contributed by atoms with Gasteiger partial charge in [0.25, 0.3) is 0 Å². The van der Waals surface area contributed by atoms with Gasteiger partial charge < -0.3 is 0 Å². The predicted octanol–water partition coefficient (Wildman–Crippen LogP) is 2.61. The van der Waals surface area contributed by atoms with Crippen LogP contribution < -0.4 is 0 Å². The van der Waals surface area contributed by atoms with Gasteiger partial charge in [-0.2, -0.15) is 0 Å². The van der Waals surface area contributed by atoms with Crippen LogP contribution in [0.5, 0.6) is 0 Å². The summed E-state index contributed by atoms with van der Waals surface area (Å²) < 4.78 is 2.05. The molecule has 0 radical (unpaired) electrons. The quantitative estimate of drug-likeness (QED) is 0.761. The van der Waals surface area contributed by atoms with Crippen molar-refractivity contribution in [2.45, 2.75) is 26.2 Å². The summed E-state index contributed by atoms with van der Waals surface area (Å²) in [4.78, 5) is 8.67. The third-order valence-electron chi connectivity index (χ3n) is 2.37. The second-order valence-electron chi connectivity index (χ2n) is 3.50. The number of unbranched alkanes of at least 4 members (excludes halogenated alkanes) is 1. The van der Waals surface area contributed by atoms with Crippen molar-refractivity contribution in [3.63, 3.8) is 0 Å². The molecule has 2 aromatic heterocycles. The molecule has 2 aromatic rings. The average molecular weight is 201 g/mol. The number of nitrogens with zero attached hydrogens (tertiary/aromatic N) is 3. The zero-order chi connectivity index (χ0) is 10.5. The summed E-state index contributed by atoms with van der Waals surface area (Å²) in [6, 6.07) is 5.91. The minimum absolute atomic E-state index is 0.945. The van der Waals surface area contributed by atoms with Gasteiger partial charge in [-0.1, -0.05) is 19.4 Å². The Balaban J connectivity index is 2.25. The fourth-order valence-corrected chi connectivity index (χ4v) is 1.56. The molecule has 78 valence electrons. The molecular weight excluding hydrogens is 186 g/mol. The summed E-state index contributed by atoms with van der Waals surface area (Å²) in [6.45, 7) is 2.19. The van der Waals surface area contributed by atoms with Gasteiger partial charge >= 0.3 is 0 Å². The predicted molar refractivity (Wildman–Crippen MR) is 60.0 cm³/mol. The molecule has 0 fully saturated rings. The molecule has 0 saturated carbocycles. The molecule has 0 aliphatic heterocycles. The zero-order valence-electron chi connectivity index (χ0n) is 8.93. The minimum atomic E-state index is 0.945. The number of aryl methyl sites for hydroxylation is 1. The lowest BCUT2D eigenvalue weighted by Crippen LogP contribution is -2.02. The standard InChI is InChI=1S/C12H15N3/c1-2-3-6-11-14-9-10-15(11)12-7-4-5-8-13-12/h4-5,7-10H,2-3,6H2,1H3. The smallest absolute Gasteiger partial charge is 0.137 e. The van der Waals surface area contributed by atoms with Crippen LogP contribution >= 0.6 is 0 Å². The zero-order valence-corrected chi connectivity index (χ0v) is 8.93. The minimum Gasteiger partial charge on any atom is -0.288 e. The third-order valence-corrected chi connectivity index (χ3v) is 2.37. The van der Waals surface area contributed by atoms with Crippen LogP contribution in [0.4, 0.5) is 0 Å². The molecule has 15 heavy (non-hydrogen) atoms. The van der Waals surface area contributed by atoms with Crippen LogP contribution in [0.1, 0.15) is 25.6 Å². The van der Waals surface area contributed by atoms with Crippen LogP contribution in [0.2, 0.25) is 0 Å². The van der Waals surface area contributed by atoms with E-state index in [1.807, 2.05) is 30.6 Å². The molecule has 0 amide bonds. The highest BCUT2D eigenvalue weighted by molar-refractivity contribution is 5.23. The van der Waals surface area contributed by atoms with Crippen LogP contribution in [-0.4, -0.2) is 14.5 Å².